The Morgan fingerprint density at radius 1 is 1.06 bits per heavy atom. The largest absolute Gasteiger partial charge is 0.354 e. The van der Waals surface area contributed by atoms with Crippen molar-refractivity contribution in [2.75, 3.05) is 0 Å². The van der Waals surface area contributed by atoms with Crippen LogP contribution in [0.5, 0.6) is 0 Å². The van der Waals surface area contributed by atoms with Crippen molar-refractivity contribution in [1.82, 2.24) is 5.32 Å². The lowest BCUT2D eigenvalue weighted by atomic mass is 10.3. The zero-order chi connectivity index (χ0) is 12.6. The summed E-state index contributed by atoms with van der Waals surface area (Å²) < 4.78 is 0. The molecule has 1 heterocycles. The van der Waals surface area contributed by atoms with Gasteiger partial charge in [-0.15, -0.1) is 0 Å². The third kappa shape index (κ3) is 3.46. The predicted octanol–water partition coefficient (Wildman–Crippen LogP) is 4.74. The van der Waals surface area contributed by atoms with E-state index in [0.717, 1.165) is 16.3 Å². The van der Waals surface area contributed by atoms with Gasteiger partial charge in [-0.1, -0.05) is 57.0 Å². The molecule has 88 valence electrons. The molecule has 0 saturated carbocycles. The summed E-state index contributed by atoms with van der Waals surface area (Å²) in [5, 5.41) is 3.32. The highest BCUT2D eigenvalue weighted by molar-refractivity contribution is 8.07. The van der Waals surface area contributed by atoms with E-state index in [1.54, 1.807) is 11.8 Å². The maximum atomic E-state index is 3.79. The van der Waals surface area contributed by atoms with E-state index in [0.29, 0.717) is 0 Å². The van der Waals surface area contributed by atoms with Gasteiger partial charge < -0.3 is 5.32 Å². The molecule has 0 aliphatic carbocycles. The maximum absolute atomic E-state index is 3.79. The Bertz CT molecular complexity index is 312. The van der Waals surface area contributed by atoms with E-state index in [1.165, 1.54) is 4.91 Å². The molecule has 1 nitrogen and oxygen atoms in total. The van der Waals surface area contributed by atoms with E-state index in [-0.39, 0.29) is 0 Å². The summed E-state index contributed by atoms with van der Waals surface area (Å²) in [6, 6.07) is 0. The van der Waals surface area contributed by atoms with Crippen LogP contribution in [0.25, 0.3) is 0 Å². The lowest BCUT2D eigenvalue weighted by Crippen LogP contribution is -2.17. The lowest BCUT2D eigenvalue weighted by Gasteiger charge is -2.22. The summed E-state index contributed by atoms with van der Waals surface area (Å²) >= 11 is 1.72. The molecule has 1 N–H and O–H groups in total. The zero-order valence-electron chi connectivity index (χ0n) is 10.6. The van der Waals surface area contributed by atoms with Gasteiger partial charge in [0.25, 0.3) is 0 Å². The summed E-state index contributed by atoms with van der Waals surface area (Å²) in [7, 11) is 0. The number of hydrogen-bond acceptors (Lipinski definition) is 2. The smallest absolute Gasteiger partial charge is 0.0520 e. The molecule has 0 aromatic carbocycles. The summed E-state index contributed by atoms with van der Waals surface area (Å²) in [4.78, 5) is 2.35. The molecule has 0 aromatic heterocycles. The van der Waals surface area contributed by atoms with E-state index in [9.17, 15) is 0 Å². The molecular formula is C14H21NS. The predicted molar refractivity (Wildman–Crippen MR) is 77.0 cm³/mol. The van der Waals surface area contributed by atoms with Gasteiger partial charge >= 0.3 is 0 Å². The average Bonchev–Trinajstić information content (AvgIpc) is 2.39. The molecule has 1 aliphatic rings. The minimum atomic E-state index is 1.03. The second-order valence-electron chi connectivity index (χ2n) is 2.77. The van der Waals surface area contributed by atoms with Crippen LogP contribution in [-0.2, 0) is 0 Å². The van der Waals surface area contributed by atoms with Crippen molar-refractivity contribution in [2.45, 2.75) is 27.7 Å². The van der Waals surface area contributed by atoms with E-state index in [4.69, 9.17) is 0 Å². The van der Waals surface area contributed by atoms with Crippen LogP contribution in [0.4, 0.5) is 0 Å². The number of allylic oxidation sites excluding steroid dienone is 4. The van der Waals surface area contributed by atoms with Crippen molar-refractivity contribution in [3.05, 3.63) is 58.7 Å². The first kappa shape index (κ1) is 14.8. The second kappa shape index (κ2) is 8.05. The molecule has 1 aliphatic heterocycles. The van der Waals surface area contributed by atoms with Crippen molar-refractivity contribution >= 4 is 11.8 Å². The van der Waals surface area contributed by atoms with E-state index >= 15 is 0 Å². The van der Waals surface area contributed by atoms with Gasteiger partial charge in [-0.05, 0) is 19.9 Å². The van der Waals surface area contributed by atoms with Crippen molar-refractivity contribution in [3.63, 3.8) is 0 Å². The first-order valence-electron chi connectivity index (χ1n) is 5.53. The van der Waals surface area contributed by atoms with E-state index < -0.39 is 0 Å². The summed E-state index contributed by atoms with van der Waals surface area (Å²) in [5.41, 5.74) is 2.17. The number of nitrogens with one attached hydrogen (secondary N) is 1. The summed E-state index contributed by atoms with van der Waals surface area (Å²) in [5.74, 6) is 0. The molecule has 0 spiro atoms. The van der Waals surface area contributed by atoms with Gasteiger partial charge in [0.1, 0.15) is 0 Å². The van der Waals surface area contributed by atoms with Crippen LogP contribution in [0.15, 0.2) is 58.7 Å². The average molecular weight is 235 g/mol. The maximum Gasteiger partial charge on any atom is 0.0520 e. The van der Waals surface area contributed by atoms with Crippen LogP contribution in [0.2, 0.25) is 0 Å². The molecule has 1 rings (SSSR count). The van der Waals surface area contributed by atoms with Crippen LogP contribution in [-0.4, -0.2) is 0 Å². The Balaban J connectivity index is 0.00000106. The summed E-state index contributed by atoms with van der Waals surface area (Å²) in [6.45, 7) is 15.6. The van der Waals surface area contributed by atoms with Crippen molar-refractivity contribution in [3.8, 4) is 0 Å². The van der Waals surface area contributed by atoms with Crippen LogP contribution in [0, 0.1) is 0 Å². The molecule has 0 bridgehead atoms. The van der Waals surface area contributed by atoms with Crippen LogP contribution >= 0.6 is 11.8 Å². The minimum Gasteiger partial charge on any atom is -0.354 e. The molecule has 0 aromatic rings. The van der Waals surface area contributed by atoms with Crippen molar-refractivity contribution in [2.24, 2.45) is 0 Å². The fourth-order valence-corrected chi connectivity index (χ4v) is 2.19. The highest BCUT2D eigenvalue weighted by Crippen LogP contribution is 2.36. The lowest BCUT2D eigenvalue weighted by molar-refractivity contribution is 1.02. The number of hydrogen-bond donors (Lipinski definition) is 1. The third-order valence-corrected chi connectivity index (χ3v) is 3.24. The SMILES string of the molecule is C=CC1=C(C=C)SC(=C/C)/C(=C\C)N1.CC. The van der Waals surface area contributed by atoms with Gasteiger partial charge in [0.15, 0.2) is 0 Å². The van der Waals surface area contributed by atoms with Gasteiger partial charge in [-0.25, -0.2) is 0 Å². The van der Waals surface area contributed by atoms with Gasteiger partial charge in [0.05, 0.1) is 5.70 Å². The first-order valence-corrected chi connectivity index (χ1v) is 6.35. The van der Waals surface area contributed by atoms with Crippen LogP contribution in [0.3, 0.4) is 0 Å². The highest BCUT2D eigenvalue weighted by Gasteiger charge is 2.15. The second-order valence-corrected chi connectivity index (χ2v) is 3.85. The first-order chi connectivity index (χ1) is 7.76. The van der Waals surface area contributed by atoms with Crippen LogP contribution in [0.1, 0.15) is 27.7 Å². The molecule has 0 amide bonds. The highest BCUT2D eigenvalue weighted by atomic mass is 32.2. The molecule has 0 unspecified atom stereocenters. The van der Waals surface area contributed by atoms with Crippen molar-refractivity contribution < 1.29 is 0 Å². The Labute approximate surface area is 104 Å². The Morgan fingerprint density at radius 3 is 2.06 bits per heavy atom. The van der Waals surface area contributed by atoms with Gasteiger partial charge in [0.2, 0.25) is 0 Å². The Kier molecular flexibility index (Phi) is 7.48. The Morgan fingerprint density at radius 2 is 1.69 bits per heavy atom. The van der Waals surface area contributed by atoms with E-state index in [1.807, 2.05) is 39.8 Å². The van der Waals surface area contributed by atoms with Crippen molar-refractivity contribution in [1.29, 1.82) is 0 Å². The molecule has 0 fully saturated rings. The monoisotopic (exact) mass is 235 g/mol. The fraction of sp³-hybridized carbons (Fsp3) is 0.286. The number of rotatable bonds is 2. The molecule has 0 atom stereocenters. The van der Waals surface area contributed by atoms with Crippen LogP contribution < -0.4 is 5.32 Å². The standard InChI is InChI=1S/C12H15NS.C2H6/c1-5-9-11(7-3)14-12(8-4)10(6-2)13-9;1-2/h5-8,13H,1,3H2,2,4H3;1-2H3/b10-6+,12-8+;. The summed E-state index contributed by atoms with van der Waals surface area (Å²) in [6.07, 6.45) is 7.83. The topological polar surface area (TPSA) is 12.0 Å². The number of thioether (sulfide) groups is 1. The molecular weight excluding hydrogens is 214 g/mol. The molecule has 0 radical (unpaired) electrons. The molecule has 16 heavy (non-hydrogen) atoms. The van der Waals surface area contributed by atoms with Gasteiger partial charge in [-0.3, -0.25) is 0 Å². The molecule has 2 heteroatoms. The normalized spacial score (nSPS) is 20.0. The quantitative estimate of drug-likeness (QED) is 0.742. The minimum absolute atomic E-state index is 1.03. The molecule has 0 saturated heterocycles. The van der Waals surface area contributed by atoms with Gasteiger partial charge in [0, 0.05) is 15.5 Å². The Hall–Kier alpha value is -1.15. The van der Waals surface area contributed by atoms with E-state index in [2.05, 4.69) is 30.6 Å². The third-order valence-electron chi connectivity index (χ3n) is 1.96. The fourth-order valence-electron chi connectivity index (χ4n) is 1.23. The zero-order valence-corrected chi connectivity index (χ0v) is 11.4. The van der Waals surface area contributed by atoms with Gasteiger partial charge in [-0.2, -0.15) is 0 Å².